The lowest BCUT2D eigenvalue weighted by Crippen LogP contribution is -2.13. The van der Waals surface area contributed by atoms with Crippen molar-refractivity contribution < 1.29 is 4.74 Å². The van der Waals surface area contributed by atoms with E-state index in [1.807, 2.05) is 6.07 Å². The van der Waals surface area contributed by atoms with Gasteiger partial charge in [-0.3, -0.25) is 4.98 Å². The van der Waals surface area contributed by atoms with E-state index < -0.39 is 0 Å². The Morgan fingerprint density at radius 1 is 1.15 bits per heavy atom. The second-order valence-electron chi connectivity index (χ2n) is 4.62. The standard InChI is InChI=1S/C16H19BrN2O/c1-2-7-18-9-13-3-5-14(6-4-13)12-20-16-8-15(17)10-19-11-16/h3-6,8,10-11,18H,2,7,9,12H2,1H3. The van der Waals surface area contributed by atoms with Gasteiger partial charge in [-0.1, -0.05) is 31.2 Å². The molecule has 2 rings (SSSR count). The highest BCUT2D eigenvalue weighted by Crippen LogP contribution is 2.17. The number of nitrogens with zero attached hydrogens (tertiary/aromatic N) is 1. The van der Waals surface area contributed by atoms with Crippen LogP contribution in [-0.2, 0) is 13.2 Å². The molecule has 0 aliphatic heterocycles. The molecule has 20 heavy (non-hydrogen) atoms. The Labute approximate surface area is 128 Å². The molecule has 0 radical (unpaired) electrons. The molecule has 0 saturated heterocycles. The first-order valence-electron chi connectivity index (χ1n) is 6.80. The van der Waals surface area contributed by atoms with Crippen LogP contribution in [0.3, 0.4) is 0 Å². The smallest absolute Gasteiger partial charge is 0.139 e. The van der Waals surface area contributed by atoms with E-state index in [-0.39, 0.29) is 0 Å². The zero-order chi connectivity index (χ0) is 14.2. The predicted molar refractivity (Wildman–Crippen MR) is 84.7 cm³/mol. The summed E-state index contributed by atoms with van der Waals surface area (Å²) in [6.45, 7) is 4.70. The topological polar surface area (TPSA) is 34.1 Å². The van der Waals surface area contributed by atoms with Crippen molar-refractivity contribution in [3.63, 3.8) is 0 Å². The van der Waals surface area contributed by atoms with Gasteiger partial charge in [0.2, 0.25) is 0 Å². The van der Waals surface area contributed by atoms with Crippen LogP contribution >= 0.6 is 15.9 Å². The maximum absolute atomic E-state index is 5.70. The van der Waals surface area contributed by atoms with Crippen LogP contribution in [0, 0.1) is 0 Å². The van der Waals surface area contributed by atoms with Gasteiger partial charge in [-0.05, 0) is 46.1 Å². The highest BCUT2D eigenvalue weighted by molar-refractivity contribution is 9.10. The number of rotatable bonds is 7. The third kappa shape index (κ3) is 4.94. The molecule has 106 valence electrons. The Bertz CT molecular complexity index is 528. The van der Waals surface area contributed by atoms with Crippen LogP contribution in [0.5, 0.6) is 5.75 Å². The van der Waals surface area contributed by atoms with Crippen molar-refractivity contribution in [3.8, 4) is 5.75 Å². The lowest BCUT2D eigenvalue weighted by molar-refractivity contribution is 0.304. The average Bonchev–Trinajstić information content (AvgIpc) is 2.47. The molecule has 0 spiro atoms. The van der Waals surface area contributed by atoms with E-state index in [0.29, 0.717) is 6.61 Å². The van der Waals surface area contributed by atoms with Crippen LogP contribution < -0.4 is 10.1 Å². The van der Waals surface area contributed by atoms with Crippen LogP contribution in [0.2, 0.25) is 0 Å². The molecule has 1 aromatic heterocycles. The summed E-state index contributed by atoms with van der Waals surface area (Å²) in [4.78, 5) is 4.07. The molecule has 1 heterocycles. The molecule has 2 aromatic rings. The maximum Gasteiger partial charge on any atom is 0.139 e. The summed E-state index contributed by atoms with van der Waals surface area (Å²) >= 11 is 3.38. The monoisotopic (exact) mass is 334 g/mol. The molecule has 0 fully saturated rings. The van der Waals surface area contributed by atoms with Gasteiger partial charge in [0.1, 0.15) is 12.4 Å². The number of hydrogen-bond donors (Lipinski definition) is 1. The Balaban J connectivity index is 1.84. The van der Waals surface area contributed by atoms with Gasteiger partial charge in [-0.15, -0.1) is 0 Å². The van der Waals surface area contributed by atoms with Crippen molar-refractivity contribution in [2.75, 3.05) is 6.54 Å². The van der Waals surface area contributed by atoms with Crippen LogP contribution in [0.4, 0.5) is 0 Å². The van der Waals surface area contributed by atoms with Gasteiger partial charge < -0.3 is 10.1 Å². The number of pyridine rings is 1. The minimum atomic E-state index is 0.556. The number of aromatic nitrogens is 1. The predicted octanol–water partition coefficient (Wildman–Crippen LogP) is 3.92. The van der Waals surface area contributed by atoms with E-state index >= 15 is 0 Å². The molecular weight excluding hydrogens is 316 g/mol. The van der Waals surface area contributed by atoms with Crippen LogP contribution in [0.15, 0.2) is 47.2 Å². The summed E-state index contributed by atoms with van der Waals surface area (Å²) in [6, 6.07) is 10.4. The van der Waals surface area contributed by atoms with E-state index in [2.05, 4.69) is 57.4 Å². The van der Waals surface area contributed by atoms with Gasteiger partial charge in [0.05, 0.1) is 6.20 Å². The van der Waals surface area contributed by atoms with Gasteiger partial charge in [-0.25, -0.2) is 0 Å². The lowest BCUT2D eigenvalue weighted by Gasteiger charge is -2.07. The Morgan fingerprint density at radius 3 is 2.60 bits per heavy atom. The summed E-state index contributed by atoms with van der Waals surface area (Å²) in [5, 5.41) is 3.39. The number of nitrogens with one attached hydrogen (secondary N) is 1. The van der Waals surface area contributed by atoms with E-state index in [9.17, 15) is 0 Å². The van der Waals surface area contributed by atoms with Crippen molar-refractivity contribution in [1.29, 1.82) is 0 Å². The molecule has 1 aromatic carbocycles. The fourth-order valence-electron chi connectivity index (χ4n) is 1.80. The van der Waals surface area contributed by atoms with Gasteiger partial charge in [-0.2, -0.15) is 0 Å². The summed E-state index contributed by atoms with van der Waals surface area (Å²) in [7, 11) is 0. The molecule has 0 unspecified atom stereocenters. The molecule has 0 amide bonds. The van der Waals surface area contributed by atoms with Gasteiger partial charge in [0.25, 0.3) is 0 Å². The normalized spacial score (nSPS) is 10.5. The highest BCUT2D eigenvalue weighted by Gasteiger charge is 1.98. The van der Waals surface area contributed by atoms with Crippen molar-refractivity contribution in [3.05, 3.63) is 58.3 Å². The first-order valence-corrected chi connectivity index (χ1v) is 7.59. The average molecular weight is 335 g/mol. The van der Waals surface area contributed by atoms with E-state index in [1.54, 1.807) is 12.4 Å². The summed E-state index contributed by atoms with van der Waals surface area (Å²) in [5.74, 6) is 0.771. The maximum atomic E-state index is 5.70. The third-order valence-corrected chi connectivity index (χ3v) is 3.30. The first-order chi connectivity index (χ1) is 9.78. The number of ether oxygens (including phenoxy) is 1. The molecule has 0 saturated carbocycles. The van der Waals surface area contributed by atoms with Crippen molar-refractivity contribution >= 4 is 15.9 Å². The quantitative estimate of drug-likeness (QED) is 0.779. The van der Waals surface area contributed by atoms with Crippen molar-refractivity contribution in [2.45, 2.75) is 26.5 Å². The summed E-state index contributed by atoms with van der Waals surface area (Å²) < 4.78 is 6.63. The number of benzene rings is 1. The molecular formula is C16H19BrN2O. The lowest BCUT2D eigenvalue weighted by atomic mass is 10.1. The Hall–Kier alpha value is -1.39. The fraction of sp³-hybridized carbons (Fsp3) is 0.312. The minimum Gasteiger partial charge on any atom is -0.487 e. The van der Waals surface area contributed by atoms with Crippen molar-refractivity contribution in [2.24, 2.45) is 0 Å². The molecule has 3 nitrogen and oxygen atoms in total. The largest absolute Gasteiger partial charge is 0.487 e. The first kappa shape index (κ1) is 15.0. The molecule has 1 N–H and O–H groups in total. The number of hydrogen-bond acceptors (Lipinski definition) is 3. The summed E-state index contributed by atoms with van der Waals surface area (Å²) in [6.07, 6.45) is 4.62. The van der Waals surface area contributed by atoms with Crippen LogP contribution in [0.25, 0.3) is 0 Å². The van der Waals surface area contributed by atoms with Gasteiger partial charge >= 0.3 is 0 Å². The minimum absolute atomic E-state index is 0.556. The number of halogens is 1. The van der Waals surface area contributed by atoms with E-state index in [4.69, 9.17) is 4.74 Å². The molecule has 4 heteroatoms. The second kappa shape index (κ2) is 8.02. The SMILES string of the molecule is CCCNCc1ccc(COc2cncc(Br)c2)cc1. The zero-order valence-corrected chi connectivity index (χ0v) is 13.2. The van der Waals surface area contributed by atoms with E-state index in [1.165, 1.54) is 5.56 Å². The zero-order valence-electron chi connectivity index (χ0n) is 11.6. The summed E-state index contributed by atoms with van der Waals surface area (Å²) in [5.41, 5.74) is 2.45. The Morgan fingerprint density at radius 2 is 1.90 bits per heavy atom. The molecule has 0 aliphatic carbocycles. The Kier molecular flexibility index (Phi) is 6.02. The highest BCUT2D eigenvalue weighted by atomic mass is 79.9. The fourth-order valence-corrected chi connectivity index (χ4v) is 2.14. The van der Waals surface area contributed by atoms with Gasteiger partial charge in [0, 0.05) is 17.2 Å². The molecule has 0 bridgehead atoms. The molecule has 0 aliphatic rings. The van der Waals surface area contributed by atoms with Crippen LogP contribution in [0.1, 0.15) is 24.5 Å². The van der Waals surface area contributed by atoms with Crippen molar-refractivity contribution in [1.82, 2.24) is 10.3 Å². The van der Waals surface area contributed by atoms with Crippen LogP contribution in [-0.4, -0.2) is 11.5 Å². The molecule has 0 atom stereocenters. The third-order valence-electron chi connectivity index (χ3n) is 2.86. The van der Waals surface area contributed by atoms with E-state index in [0.717, 1.165) is 35.3 Å². The van der Waals surface area contributed by atoms with Gasteiger partial charge in [0.15, 0.2) is 0 Å². The second-order valence-corrected chi connectivity index (χ2v) is 5.54.